The van der Waals surface area contributed by atoms with Crippen LogP contribution in [0.15, 0.2) is 48.6 Å². The van der Waals surface area contributed by atoms with Gasteiger partial charge in [0.25, 0.3) is 0 Å². The Balaban J connectivity index is 1.62. The van der Waals surface area contributed by atoms with Crippen LogP contribution < -0.4 is 11.5 Å². The Kier molecular flexibility index (Phi) is 6.07. The predicted molar refractivity (Wildman–Crippen MR) is 126 cm³/mol. The number of unbranched alkanes of at least 4 members (excludes halogenated alkanes) is 2. The van der Waals surface area contributed by atoms with Gasteiger partial charge < -0.3 is 16.0 Å². The summed E-state index contributed by atoms with van der Waals surface area (Å²) < 4.78 is 2.32. The fourth-order valence-electron chi connectivity index (χ4n) is 4.54. The van der Waals surface area contributed by atoms with Gasteiger partial charge in [-0.3, -0.25) is 4.79 Å². The van der Waals surface area contributed by atoms with E-state index in [1.165, 1.54) is 0 Å². The van der Waals surface area contributed by atoms with Crippen molar-refractivity contribution in [3.63, 3.8) is 0 Å². The SMILES string of the molecule is CCCCc1nc2c(N)nc3ccccc3c2n1CCCCC1(C(N)=O)C=CC=CC1. The molecule has 0 fully saturated rings. The number of anilines is 1. The maximum absolute atomic E-state index is 12.1. The van der Waals surface area contributed by atoms with E-state index in [9.17, 15) is 4.79 Å². The number of nitrogens with two attached hydrogens (primary N) is 2. The van der Waals surface area contributed by atoms with Crippen molar-refractivity contribution in [2.24, 2.45) is 11.1 Å². The number of amides is 1. The summed E-state index contributed by atoms with van der Waals surface area (Å²) in [5.41, 5.74) is 14.2. The van der Waals surface area contributed by atoms with Crippen molar-refractivity contribution in [2.45, 2.75) is 58.4 Å². The highest BCUT2D eigenvalue weighted by molar-refractivity contribution is 6.06. The lowest BCUT2D eigenvalue weighted by Gasteiger charge is -2.27. The average Bonchev–Trinajstić information content (AvgIpc) is 3.15. The van der Waals surface area contributed by atoms with Gasteiger partial charge in [-0.2, -0.15) is 0 Å². The molecule has 0 saturated heterocycles. The van der Waals surface area contributed by atoms with Crippen molar-refractivity contribution < 1.29 is 4.79 Å². The maximum Gasteiger partial charge on any atom is 0.227 e. The zero-order chi connectivity index (χ0) is 21.8. The minimum atomic E-state index is -0.558. The molecular weight excluding hydrogens is 386 g/mol. The first kappa shape index (κ1) is 21.1. The van der Waals surface area contributed by atoms with E-state index >= 15 is 0 Å². The van der Waals surface area contributed by atoms with Gasteiger partial charge in [0.15, 0.2) is 5.82 Å². The summed E-state index contributed by atoms with van der Waals surface area (Å²) in [5, 5.41) is 1.08. The second-order valence-corrected chi connectivity index (χ2v) is 8.46. The summed E-state index contributed by atoms with van der Waals surface area (Å²) in [7, 11) is 0. The van der Waals surface area contributed by atoms with Crippen LogP contribution in [0.1, 0.15) is 51.3 Å². The smallest absolute Gasteiger partial charge is 0.227 e. The Bertz CT molecular complexity index is 1160. The standard InChI is InChI=1S/C25H31N5O/c1-2-3-13-20-29-21-22(18-11-5-6-12-19(18)28-23(21)26)30(20)17-10-9-16-25(24(27)31)14-7-4-8-15-25/h4-8,11-12,14H,2-3,9-10,13,15-17H2,1H3,(H2,26,28)(H2,27,31). The lowest BCUT2D eigenvalue weighted by atomic mass is 9.77. The van der Waals surface area contributed by atoms with E-state index in [4.69, 9.17) is 16.5 Å². The first-order valence-corrected chi connectivity index (χ1v) is 11.2. The van der Waals surface area contributed by atoms with Gasteiger partial charge in [0, 0.05) is 18.4 Å². The van der Waals surface area contributed by atoms with Gasteiger partial charge in [-0.05, 0) is 31.7 Å². The maximum atomic E-state index is 12.1. The summed E-state index contributed by atoms with van der Waals surface area (Å²) in [5.74, 6) is 1.30. The number of carbonyl (C=O) groups excluding carboxylic acids is 1. The molecule has 3 aromatic rings. The Labute approximate surface area is 183 Å². The average molecular weight is 418 g/mol. The minimum Gasteiger partial charge on any atom is -0.382 e. The number of allylic oxidation sites excluding steroid dienone is 3. The highest BCUT2D eigenvalue weighted by atomic mass is 16.1. The number of aromatic nitrogens is 3. The van der Waals surface area contributed by atoms with Crippen LogP contribution in [0.2, 0.25) is 0 Å². The number of rotatable bonds is 9. The molecule has 0 radical (unpaired) electrons. The summed E-state index contributed by atoms with van der Waals surface area (Å²) in [6, 6.07) is 8.10. The lowest BCUT2D eigenvalue weighted by Crippen LogP contribution is -2.35. The summed E-state index contributed by atoms with van der Waals surface area (Å²) >= 11 is 0. The number of benzene rings is 1. The number of para-hydroxylation sites is 1. The molecule has 1 aromatic carbocycles. The van der Waals surface area contributed by atoms with Crippen molar-refractivity contribution in [2.75, 3.05) is 5.73 Å². The van der Waals surface area contributed by atoms with Gasteiger partial charge in [-0.25, -0.2) is 9.97 Å². The summed E-state index contributed by atoms with van der Waals surface area (Å²) in [6.45, 7) is 3.02. The molecule has 0 bridgehead atoms. The third-order valence-electron chi connectivity index (χ3n) is 6.33. The molecule has 1 unspecified atom stereocenters. The molecule has 0 aliphatic heterocycles. The van der Waals surface area contributed by atoms with Gasteiger partial charge in [-0.1, -0.05) is 62.3 Å². The Morgan fingerprint density at radius 3 is 2.74 bits per heavy atom. The molecule has 1 aliphatic rings. The molecule has 1 atom stereocenters. The zero-order valence-corrected chi connectivity index (χ0v) is 18.2. The van der Waals surface area contributed by atoms with Crippen LogP contribution in [0.25, 0.3) is 21.9 Å². The molecule has 0 saturated carbocycles. The molecule has 1 amide bonds. The third-order valence-corrected chi connectivity index (χ3v) is 6.33. The predicted octanol–water partition coefficient (Wildman–Crippen LogP) is 4.67. The largest absolute Gasteiger partial charge is 0.382 e. The number of primary amides is 1. The molecule has 6 nitrogen and oxygen atoms in total. The fraction of sp³-hybridized carbons (Fsp3) is 0.400. The number of imidazole rings is 1. The highest BCUT2D eigenvalue weighted by Crippen LogP contribution is 2.34. The summed E-state index contributed by atoms with van der Waals surface area (Å²) in [4.78, 5) is 21.6. The quantitative estimate of drug-likeness (QED) is 0.494. The molecule has 0 spiro atoms. The zero-order valence-electron chi connectivity index (χ0n) is 18.2. The van der Waals surface area contributed by atoms with Crippen LogP contribution in [0.3, 0.4) is 0 Å². The van der Waals surface area contributed by atoms with E-state index in [1.807, 2.05) is 42.5 Å². The number of hydrogen-bond donors (Lipinski definition) is 2. The number of aryl methyl sites for hydroxylation is 2. The number of nitrogens with zero attached hydrogens (tertiary/aromatic N) is 3. The van der Waals surface area contributed by atoms with Crippen molar-refractivity contribution >= 4 is 33.7 Å². The molecule has 6 heteroatoms. The molecule has 2 heterocycles. The molecular formula is C25H31N5O. The molecule has 162 valence electrons. The van der Waals surface area contributed by atoms with E-state index in [0.29, 0.717) is 12.2 Å². The topological polar surface area (TPSA) is 99.8 Å². The van der Waals surface area contributed by atoms with Crippen LogP contribution in [-0.2, 0) is 17.8 Å². The van der Waals surface area contributed by atoms with Gasteiger partial charge in [0.05, 0.1) is 16.4 Å². The monoisotopic (exact) mass is 417 g/mol. The lowest BCUT2D eigenvalue weighted by molar-refractivity contribution is -0.125. The number of hydrogen-bond acceptors (Lipinski definition) is 4. The molecule has 31 heavy (non-hydrogen) atoms. The minimum absolute atomic E-state index is 0.241. The Morgan fingerprint density at radius 2 is 2.00 bits per heavy atom. The molecule has 4 rings (SSSR count). The number of fused-ring (bicyclic) bond motifs is 3. The first-order valence-electron chi connectivity index (χ1n) is 11.2. The normalized spacial score (nSPS) is 18.2. The fourth-order valence-corrected chi connectivity index (χ4v) is 4.54. The van der Waals surface area contributed by atoms with Gasteiger partial charge in [0.2, 0.25) is 5.91 Å². The van der Waals surface area contributed by atoms with Crippen LogP contribution in [-0.4, -0.2) is 20.4 Å². The van der Waals surface area contributed by atoms with Crippen LogP contribution >= 0.6 is 0 Å². The van der Waals surface area contributed by atoms with Crippen molar-refractivity contribution in [3.05, 3.63) is 54.4 Å². The number of pyridine rings is 1. The third kappa shape index (κ3) is 4.07. The van der Waals surface area contributed by atoms with Gasteiger partial charge in [-0.15, -0.1) is 0 Å². The van der Waals surface area contributed by atoms with Crippen LogP contribution in [0.4, 0.5) is 5.82 Å². The number of nitrogen functional groups attached to an aromatic ring is 1. The molecule has 2 aromatic heterocycles. The van der Waals surface area contributed by atoms with E-state index in [2.05, 4.69) is 22.5 Å². The van der Waals surface area contributed by atoms with Crippen molar-refractivity contribution in [1.82, 2.24) is 14.5 Å². The highest BCUT2D eigenvalue weighted by Gasteiger charge is 2.32. The second kappa shape index (κ2) is 8.92. The van der Waals surface area contributed by atoms with Crippen molar-refractivity contribution in [3.8, 4) is 0 Å². The van der Waals surface area contributed by atoms with E-state index < -0.39 is 5.41 Å². The van der Waals surface area contributed by atoms with E-state index in [0.717, 1.165) is 72.8 Å². The van der Waals surface area contributed by atoms with Crippen LogP contribution in [0, 0.1) is 5.41 Å². The summed E-state index contributed by atoms with van der Waals surface area (Å²) in [6.07, 6.45) is 14.3. The Morgan fingerprint density at radius 1 is 1.16 bits per heavy atom. The first-order chi connectivity index (χ1) is 15.1. The van der Waals surface area contributed by atoms with Gasteiger partial charge >= 0.3 is 0 Å². The van der Waals surface area contributed by atoms with Crippen LogP contribution in [0.5, 0.6) is 0 Å². The number of carbonyl (C=O) groups is 1. The molecule has 4 N–H and O–H groups in total. The second-order valence-electron chi connectivity index (χ2n) is 8.46. The van der Waals surface area contributed by atoms with Gasteiger partial charge in [0.1, 0.15) is 11.3 Å². The Hall–Kier alpha value is -3.15. The van der Waals surface area contributed by atoms with E-state index in [-0.39, 0.29) is 5.91 Å². The van der Waals surface area contributed by atoms with E-state index in [1.54, 1.807) is 0 Å². The molecule has 1 aliphatic carbocycles. The van der Waals surface area contributed by atoms with Crippen molar-refractivity contribution in [1.29, 1.82) is 0 Å².